The zero-order valence-corrected chi connectivity index (χ0v) is 16.4. The normalized spacial score (nSPS) is 19.5. The van der Waals surface area contributed by atoms with Gasteiger partial charge >= 0.3 is 11.6 Å². The molecule has 28 heavy (non-hydrogen) atoms. The SMILES string of the molecule is Cc1cc(=O)oc2cc(OCC(=O)OCC(=O)N3C(C)CCCC3C)ccc12. The van der Waals surface area contributed by atoms with E-state index in [2.05, 4.69) is 0 Å². The number of hydrogen-bond donors (Lipinski definition) is 0. The average molecular weight is 387 g/mol. The first-order valence-corrected chi connectivity index (χ1v) is 9.49. The van der Waals surface area contributed by atoms with Crippen molar-refractivity contribution in [2.75, 3.05) is 13.2 Å². The summed E-state index contributed by atoms with van der Waals surface area (Å²) in [4.78, 5) is 37.6. The van der Waals surface area contributed by atoms with E-state index in [1.54, 1.807) is 23.1 Å². The molecular formula is C21H25NO6. The third kappa shape index (κ3) is 4.52. The molecule has 2 atom stereocenters. The van der Waals surface area contributed by atoms with Gasteiger partial charge in [-0.15, -0.1) is 0 Å². The number of piperidine rings is 1. The Labute approximate surface area is 163 Å². The van der Waals surface area contributed by atoms with Crippen molar-refractivity contribution in [3.05, 3.63) is 40.2 Å². The van der Waals surface area contributed by atoms with Crippen LogP contribution in [0.5, 0.6) is 5.75 Å². The number of amides is 1. The topological polar surface area (TPSA) is 86.0 Å². The first-order valence-electron chi connectivity index (χ1n) is 9.49. The summed E-state index contributed by atoms with van der Waals surface area (Å²) >= 11 is 0. The molecule has 3 rings (SSSR count). The highest BCUT2D eigenvalue weighted by atomic mass is 16.6. The summed E-state index contributed by atoms with van der Waals surface area (Å²) in [6.45, 7) is 5.22. The summed E-state index contributed by atoms with van der Waals surface area (Å²) in [5.74, 6) is -0.435. The van der Waals surface area contributed by atoms with Crippen LogP contribution in [0.2, 0.25) is 0 Å². The van der Waals surface area contributed by atoms with Crippen LogP contribution in [0.4, 0.5) is 0 Å². The lowest BCUT2D eigenvalue weighted by Gasteiger charge is -2.38. The first kappa shape index (κ1) is 19.9. The molecule has 0 bridgehead atoms. The van der Waals surface area contributed by atoms with Gasteiger partial charge in [-0.3, -0.25) is 4.79 Å². The molecule has 2 aromatic rings. The lowest BCUT2D eigenvalue weighted by molar-refractivity contribution is -0.156. The summed E-state index contributed by atoms with van der Waals surface area (Å²) in [5, 5.41) is 0.796. The van der Waals surface area contributed by atoms with Crippen LogP contribution in [0.25, 0.3) is 11.0 Å². The number of ether oxygens (including phenoxy) is 2. The Morgan fingerprint density at radius 1 is 1.14 bits per heavy atom. The molecule has 1 amide bonds. The summed E-state index contributed by atoms with van der Waals surface area (Å²) in [6, 6.07) is 6.73. The number of nitrogens with zero attached hydrogens (tertiary/aromatic N) is 1. The minimum absolute atomic E-state index is 0.155. The molecule has 7 nitrogen and oxygen atoms in total. The Bertz CT molecular complexity index is 924. The number of carbonyl (C=O) groups is 2. The molecule has 1 fully saturated rings. The standard InChI is InChI=1S/C21H25NO6/c1-13-9-20(24)28-18-10-16(7-8-17(13)18)26-12-21(25)27-11-19(23)22-14(2)5-4-6-15(22)3/h7-10,14-15H,4-6,11-12H2,1-3H3. The lowest BCUT2D eigenvalue weighted by Crippen LogP contribution is -2.49. The van der Waals surface area contributed by atoms with E-state index in [4.69, 9.17) is 13.9 Å². The van der Waals surface area contributed by atoms with Crippen LogP contribution in [0.3, 0.4) is 0 Å². The molecule has 1 saturated heterocycles. The molecule has 0 radical (unpaired) electrons. The zero-order chi connectivity index (χ0) is 20.3. The van der Waals surface area contributed by atoms with Crippen molar-refractivity contribution < 1.29 is 23.5 Å². The van der Waals surface area contributed by atoms with Crippen molar-refractivity contribution in [1.82, 2.24) is 4.90 Å². The zero-order valence-electron chi connectivity index (χ0n) is 16.4. The van der Waals surface area contributed by atoms with Crippen LogP contribution in [-0.2, 0) is 14.3 Å². The minimum Gasteiger partial charge on any atom is -0.482 e. The van der Waals surface area contributed by atoms with Crippen molar-refractivity contribution in [3.63, 3.8) is 0 Å². The molecule has 2 unspecified atom stereocenters. The van der Waals surface area contributed by atoms with Crippen LogP contribution >= 0.6 is 0 Å². The van der Waals surface area contributed by atoms with Crippen LogP contribution in [0.15, 0.2) is 33.5 Å². The molecule has 0 spiro atoms. The van der Waals surface area contributed by atoms with E-state index >= 15 is 0 Å². The predicted molar refractivity (Wildman–Crippen MR) is 103 cm³/mol. The molecule has 0 aliphatic carbocycles. The van der Waals surface area contributed by atoms with Gasteiger partial charge in [-0.05, 0) is 57.7 Å². The van der Waals surface area contributed by atoms with Gasteiger partial charge in [0.05, 0.1) is 0 Å². The average Bonchev–Trinajstić information content (AvgIpc) is 2.64. The van der Waals surface area contributed by atoms with E-state index in [1.165, 1.54) is 6.07 Å². The van der Waals surface area contributed by atoms with E-state index in [1.807, 2.05) is 20.8 Å². The van der Waals surface area contributed by atoms with Gasteiger partial charge in [0.2, 0.25) is 0 Å². The molecular weight excluding hydrogens is 362 g/mol. The van der Waals surface area contributed by atoms with Crippen LogP contribution < -0.4 is 10.4 Å². The van der Waals surface area contributed by atoms with Crippen molar-refractivity contribution in [1.29, 1.82) is 0 Å². The van der Waals surface area contributed by atoms with Gasteiger partial charge in [0, 0.05) is 29.6 Å². The number of rotatable bonds is 5. The number of likely N-dealkylation sites (tertiary alicyclic amines) is 1. The molecule has 1 aliphatic rings. The molecule has 1 aromatic carbocycles. The maximum atomic E-state index is 12.4. The molecule has 0 N–H and O–H groups in total. The largest absolute Gasteiger partial charge is 0.482 e. The minimum atomic E-state index is -0.628. The second-order valence-electron chi connectivity index (χ2n) is 7.29. The fourth-order valence-corrected chi connectivity index (χ4v) is 3.71. The van der Waals surface area contributed by atoms with Crippen molar-refractivity contribution in [2.45, 2.75) is 52.1 Å². The monoisotopic (exact) mass is 387 g/mol. The summed E-state index contributed by atoms with van der Waals surface area (Å²) in [7, 11) is 0. The number of esters is 1. The van der Waals surface area contributed by atoms with Crippen molar-refractivity contribution in [2.24, 2.45) is 0 Å². The number of aryl methyl sites for hydroxylation is 1. The molecule has 7 heteroatoms. The third-order valence-corrected chi connectivity index (χ3v) is 5.12. The Balaban J connectivity index is 1.53. The van der Waals surface area contributed by atoms with Gasteiger partial charge in [0.1, 0.15) is 11.3 Å². The fraction of sp³-hybridized carbons (Fsp3) is 0.476. The van der Waals surface area contributed by atoms with E-state index in [0.717, 1.165) is 30.2 Å². The lowest BCUT2D eigenvalue weighted by atomic mass is 9.97. The van der Waals surface area contributed by atoms with E-state index in [9.17, 15) is 14.4 Å². The fourth-order valence-electron chi connectivity index (χ4n) is 3.71. The highest BCUT2D eigenvalue weighted by molar-refractivity contribution is 5.82. The Hall–Kier alpha value is -2.83. The predicted octanol–water partition coefficient (Wildman–Crippen LogP) is 2.81. The van der Waals surface area contributed by atoms with Crippen molar-refractivity contribution >= 4 is 22.8 Å². The van der Waals surface area contributed by atoms with Gasteiger partial charge in [-0.25, -0.2) is 9.59 Å². The van der Waals surface area contributed by atoms with Gasteiger partial charge < -0.3 is 18.8 Å². The van der Waals surface area contributed by atoms with Crippen LogP contribution in [0, 0.1) is 6.92 Å². The Morgan fingerprint density at radius 3 is 2.57 bits per heavy atom. The second-order valence-corrected chi connectivity index (χ2v) is 7.29. The van der Waals surface area contributed by atoms with E-state index in [0.29, 0.717) is 11.3 Å². The van der Waals surface area contributed by atoms with Crippen molar-refractivity contribution in [3.8, 4) is 5.75 Å². The van der Waals surface area contributed by atoms with Crippen LogP contribution in [0.1, 0.15) is 38.7 Å². The molecule has 0 saturated carbocycles. The summed E-state index contributed by atoms with van der Waals surface area (Å²) in [6.07, 6.45) is 3.03. The Morgan fingerprint density at radius 2 is 1.86 bits per heavy atom. The van der Waals surface area contributed by atoms with Crippen LogP contribution in [-0.4, -0.2) is 42.1 Å². The summed E-state index contributed by atoms with van der Waals surface area (Å²) in [5.41, 5.74) is 0.747. The molecule has 150 valence electrons. The Kier molecular flexibility index (Phi) is 6.02. The van der Waals surface area contributed by atoms with Gasteiger partial charge in [0.25, 0.3) is 5.91 Å². The maximum Gasteiger partial charge on any atom is 0.344 e. The number of fused-ring (bicyclic) bond motifs is 1. The van der Waals surface area contributed by atoms with E-state index < -0.39 is 11.6 Å². The number of carbonyl (C=O) groups excluding carboxylic acids is 2. The van der Waals surface area contributed by atoms with Gasteiger partial charge in [0.15, 0.2) is 13.2 Å². The molecule has 1 aromatic heterocycles. The molecule has 2 heterocycles. The number of hydrogen-bond acceptors (Lipinski definition) is 6. The first-order chi connectivity index (χ1) is 13.3. The summed E-state index contributed by atoms with van der Waals surface area (Å²) < 4.78 is 15.6. The second kappa shape index (κ2) is 8.46. The quantitative estimate of drug-likeness (QED) is 0.579. The maximum absolute atomic E-state index is 12.4. The van der Waals surface area contributed by atoms with E-state index in [-0.39, 0.29) is 31.2 Å². The molecule has 1 aliphatic heterocycles. The van der Waals surface area contributed by atoms with Gasteiger partial charge in [-0.1, -0.05) is 0 Å². The highest BCUT2D eigenvalue weighted by Crippen LogP contribution is 2.23. The highest BCUT2D eigenvalue weighted by Gasteiger charge is 2.29. The smallest absolute Gasteiger partial charge is 0.344 e. The third-order valence-electron chi connectivity index (χ3n) is 5.12. The van der Waals surface area contributed by atoms with Gasteiger partial charge in [-0.2, -0.15) is 0 Å². The number of benzene rings is 1.